The molecule has 1 heterocycles. The molecule has 1 saturated carbocycles. The van der Waals surface area contributed by atoms with E-state index in [1.165, 1.54) is 22.1 Å². The summed E-state index contributed by atoms with van der Waals surface area (Å²) in [4.78, 5) is 1.41. The predicted molar refractivity (Wildman–Crippen MR) is 79.0 cm³/mol. The maximum absolute atomic E-state index is 12.7. The molecule has 0 aliphatic heterocycles. The van der Waals surface area contributed by atoms with Crippen molar-refractivity contribution in [2.75, 3.05) is 20.6 Å². The van der Waals surface area contributed by atoms with Crippen molar-refractivity contribution in [2.24, 2.45) is 5.92 Å². The van der Waals surface area contributed by atoms with Gasteiger partial charge in [-0.1, -0.05) is 6.42 Å². The monoisotopic (exact) mass is 302 g/mol. The van der Waals surface area contributed by atoms with Gasteiger partial charge in [-0.3, -0.25) is 0 Å². The molecule has 0 radical (unpaired) electrons. The highest BCUT2D eigenvalue weighted by Crippen LogP contribution is 2.32. The van der Waals surface area contributed by atoms with Crippen LogP contribution in [-0.4, -0.2) is 33.4 Å². The van der Waals surface area contributed by atoms with E-state index in [0.717, 1.165) is 23.3 Å². The number of sulfonamides is 1. The molecule has 108 valence electrons. The van der Waals surface area contributed by atoms with E-state index in [-0.39, 0.29) is 0 Å². The first kappa shape index (κ1) is 15.0. The lowest BCUT2D eigenvalue weighted by molar-refractivity contribution is 0.263. The average molecular weight is 302 g/mol. The molecule has 19 heavy (non-hydrogen) atoms. The Balaban J connectivity index is 2.24. The summed E-state index contributed by atoms with van der Waals surface area (Å²) in [7, 11) is 0.192. The van der Waals surface area contributed by atoms with Gasteiger partial charge < -0.3 is 5.32 Å². The van der Waals surface area contributed by atoms with Crippen molar-refractivity contribution in [3.05, 3.63) is 15.8 Å². The van der Waals surface area contributed by atoms with Gasteiger partial charge in [0.05, 0.1) is 0 Å². The fraction of sp³-hybridized carbons (Fsp3) is 0.692. The van der Waals surface area contributed by atoms with Crippen molar-refractivity contribution in [1.29, 1.82) is 0 Å². The summed E-state index contributed by atoms with van der Waals surface area (Å²) in [6, 6.07) is 0. The Bertz CT molecular complexity index is 533. The largest absolute Gasteiger partial charge is 0.315 e. The van der Waals surface area contributed by atoms with E-state index in [2.05, 4.69) is 5.32 Å². The Hall–Kier alpha value is -0.430. The zero-order valence-electron chi connectivity index (χ0n) is 11.8. The molecule has 0 spiro atoms. The van der Waals surface area contributed by atoms with Gasteiger partial charge in [-0.05, 0) is 43.7 Å². The molecule has 1 aliphatic carbocycles. The third-order valence-corrected chi connectivity index (χ3v) is 7.02. The highest BCUT2D eigenvalue weighted by Gasteiger charge is 2.30. The van der Waals surface area contributed by atoms with E-state index in [0.29, 0.717) is 23.9 Å². The van der Waals surface area contributed by atoms with E-state index < -0.39 is 10.0 Å². The molecule has 0 saturated heterocycles. The third kappa shape index (κ3) is 3.02. The number of nitrogens with zero attached hydrogens (tertiary/aromatic N) is 1. The van der Waals surface area contributed by atoms with Crippen molar-refractivity contribution in [3.8, 4) is 0 Å². The lowest BCUT2D eigenvalue weighted by Crippen LogP contribution is -2.35. The van der Waals surface area contributed by atoms with Crippen LogP contribution in [-0.2, 0) is 16.6 Å². The minimum Gasteiger partial charge on any atom is -0.315 e. The molecule has 2 rings (SSSR count). The van der Waals surface area contributed by atoms with Gasteiger partial charge >= 0.3 is 0 Å². The Morgan fingerprint density at radius 3 is 2.68 bits per heavy atom. The first-order chi connectivity index (χ1) is 8.96. The maximum Gasteiger partial charge on any atom is 0.244 e. The summed E-state index contributed by atoms with van der Waals surface area (Å²) in [5.41, 5.74) is 0.857. The molecule has 1 N–H and O–H groups in total. The number of thiophene rings is 1. The maximum atomic E-state index is 12.7. The van der Waals surface area contributed by atoms with Crippen LogP contribution in [0.3, 0.4) is 0 Å². The van der Waals surface area contributed by atoms with Crippen molar-refractivity contribution in [1.82, 2.24) is 9.62 Å². The quantitative estimate of drug-likeness (QED) is 0.876. The van der Waals surface area contributed by atoms with Crippen molar-refractivity contribution >= 4 is 21.4 Å². The molecule has 6 heteroatoms. The molecule has 0 amide bonds. The van der Waals surface area contributed by atoms with Crippen LogP contribution in [0, 0.1) is 12.8 Å². The molecule has 0 aromatic carbocycles. The molecule has 1 aromatic rings. The Morgan fingerprint density at radius 1 is 1.47 bits per heavy atom. The molecule has 1 aromatic heterocycles. The normalized spacial score (nSPS) is 16.8. The lowest BCUT2D eigenvalue weighted by Gasteiger charge is -2.29. The summed E-state index contributed by atoms with van der Waals surface area (Å²) in [5, 5.41) is 4.97. The summed E-state index contributed by atoms with van der Waals surface area (Å²) in [5.74, 6) is 0.548. The minimum atomic E-state index is -3.35. The van der Waals surface area contributed by atoms with Gasteiger partial charge in [-0.2, -0.15) is 0 Å². The Labute approximate surface area is 119 Å². The second-order valence-electron chi connectivity index (χ2n) is 5.28. The van der Waals surface area contributed by atoms with Crippen LogP contribution < -0.4 is 5.32 Å². The molecule has 0 unspecified atom stereocenters. The Kier molecular flexibility index (Phi) is 4.66. The Morgan fingerprint density at radius 2 is 2.16 bits per heavy atom. The zero-order chi connectivity index (χ0) is 14.0. The lowest BCUT2D eigenvalue weighted by atomic mass is 9.86. The van der Waals surface area contributed by atoms with Crippen molar-refractivity contribution in [3.63, 3.8) is 0 Å². The van der Waals surface area contributed by atoms with Gasteiger partial charge in [-0.25, -0.2) is 12.7 Å². The van der Waals surface area contributed by atoms with E-state index >= 15 is 0 Å². The van der Waals surface area contributed by atoms with Crippen LogP contribution in [0.25, 0.3) is 0 Å². The number of nitrogens with one attached hydrogen (secondary N) is 1. The molecular weight excluding hydrogens is 280 g/mol. The molecule has 4 nitrogen and oxygen atoms in total. The van der Waals surface area contributed by atoms with E-state index in [1.807, 2.05) is 19.4 Å². The van der Waals surface area contributed by atoms with Crippen molar-refractivity contribution < 1.29 is 8.42 Å². The second kappa shape index (κ2) is 5.91. The zero-order valence-corrected chi connectivity index (χ0v) is 13.4. The van der Waals surface area contributed by atoms with Crippen LogP contribution in [0.2, 0.25) is 0 Å². The van der Waals surface area contributed by atoms with Crippen LogP contribution in [0.4, 0.5) is 0 Å². The standard InChI is InChI=1S/C13H22N2O2S2/c1-10-9-18-12(7-14-2)13(10)19(16,17)15(3)8-11-5-4-6-11/h9,11,14H,4-8H2,1-3H3. The molecule has 0 atom stereocenters. The molecule has 1 aliphatic rings. The topological polar surface area (TPSA) is 49.4 Å². The number of rotatable bonds is 6. The van der Waals surface area contributed by atoms with Gasteiger partial charge in [0.1, 0.15) is 4.90 Å². The van der Waals surface area contributed by atoms with Crippen LogP contribution in [0.1, 0.15) is 29.7 Å². The smallest absolute Gasteiger partial charge is 0.244 e. The van der Waals surface area contributed by atoms with Crippen LogP contribution >= 0.6 is 11.3 Å². The summed E-state index contributed by atoms with van der Waals surface area (Å²) in [6.45, 7) is 3.13. The molecular formula is C13H22N2O2S2. The fourth-order valence-corrected chi connectivity index (χ4v) is 5.42. The number of hydrogen-bond donors (Lipinski definition) is 1. The average Bonchev–Trinajstić information content (AvgIpc) is 2.65. The van der Waals surface area contributed by atoms with E-state index in [1.54, 1.807) is 7.05 Å². The SMILES string of the molecule is CNCc1scc(C)c1S(=O)(=O)N(C)CC1CCC1. The minimum absolute atomic E-state index is 0.508. The van der Waals surface area contributed by atoms with Gasteiger partial charge in [0.15, 0.2) is 0 Å². The van der Waals surface area contributed by atoms with E-state index in [4.69, 9.17) is 0 Å². The first-order valence-corrected chi connectivity index (χ1v) is 8.96. The van der Waals surface area contributed by atoms with Crippen LogP contribution in [0.5, 0.6) is 0 Å². The highest BCUT2D eigenvalue weighted by molar-refractivity contribution is 7.89. The predicted octanol–water partition coefficient (Wildman–Crippen LogP) is 2.20. The highest BCUT2D eigenvalue weighted by atomic mass is 32.2. The van der Waals surface area contributed by atoms with Gasteiger partial charge in [0, 0.05) is 25.0 Å². The van der Waals surface area contributed by atoms with Gasteiger partial charge in [0.2, 0.25) is 10.0 Å². The number of aryl methyl sites for hydroxylation is 1. The first-order valence-electron chi connectivity index (χ1n) is 6.64. The van der Waals surface area contributed by atoms with Gasteiger partial charge in [-0.15, -0.1) is 11.3 Å². The fourth-order valence-electron chi connectivity index (χ4n) is 2.41. The third-order valence-electron chi connectivity index (χ3n) is 3.74. The summed E-state index contributed by atoms with van der Waals surface area (Å²) >= 11 is 1.52. The van der Waals surface area contributed by atoms with Crippen molar-refractivity contribution in [2.45, 2.75) is 37.6 Å². The molecule has 1 fully saturated rings. The van der Waals surface area contributed by atoms with Gasteiger partial charge in [0.25, 0.3) is 0 Å². The number of hydrogen-bond acceptors (Lipinski definition) is 4. The van der Waals surface area contributed by atoms with E-state index in [9.17, 15) is 8.42 Å². The summed E-state index contributed by atoms with van der Waals surface area (Å²) in [6.07, 6.45) is 3.55. The second-order valence-corrected chi connectivity index (χ2v) is 8.23. The molecule has 0 bridgehead atoms. The summed E-state index contributed by atoms with van der Waals surface area (Å²) < 4.78 is 26.9. The van der Waals surface area contributed by atoms with Crippen LogP contribution in [0.15, 0.2) is 10.3 Å².